The molecule has 0 aliphatic heterocycles. The monoisotopic (exact) mass is 404 g/mol. The smallest absolute Gasteiger partial charge is 0.302 e. The van der Waals surface area contributed by atoms with Crippen molar-refractivity contribution in [2.24, 2.45) is 10.2 Å². The molecular formula is C23H24N4O3. The molecular weight excluding hydrogens is 380 g/mol. The number of rotatable bonds is 9. The summed E-state index contributed by atoms with van der Waals surface area (Å²) in [4.78, 5) is 17.2. The number of esters is 1. The maximum Gasteiger partial charge on any atom is 0.302 e. The van der Waals surface area contributed by atoms with Crippen LogP contribution < -0.4 is 4.90 Å². The second-order valence-electron chi connectivity index (χ2n) is 6.53. The van der Waals surface area contributed by atoms with Gasteiger partial charge in [0, 0.05) is 30.9 Å². The van der Waals surface area contributed by atoms with Crippen LogP contribution in [0.1, 0.15) is 6.92 Å². The number of anilines is 1. The fourth-order valence-corrected chi connectivity index (χ4v) is 2.87. The van der Waals surface area contributed by atoms with Crippen LogP contribution in [-0.2, 0) is 9.53 Å². The Kier molecular flexibility index (Phi) is 7.63. The summed E-state index contributed by atoms with van der Waals surface area (Å²) in [5.41, 5.74) is 4.32. The van der Waals surface area contributed by atoms with Crippen molar-refractivity contribution in [1.29, 1.82) is 0 Å². The number of aromatic nitrogens is 1. The van der Waals surface area contributed by atoms with Gasteiger partial charge in [-0.05, 0) is 48.5 Å². The van der Waals surface area contributed by atoms with E-state index in [9.17, 15) is 9.90 Å². The minimum atomic E-state index is -0.317. The van der Waals surface area contributed by atoms with Gasteiger partial charge >= 0.3 is 5.97 Å². The first-order valence-electron chi connectivity index (χ1n) is 9.68. The van der Waals surface area contributed by atoms with E-state index in [-0.39, 0.29) is 19.2 Å². The highest BCUT2D eigenvalue weighted by Gasteiger charge is 2.07. The molecule has 0 saturated carbocycles. The van der Waals surface area contributed by atoms with Gasteiger partial charge in [-0.1, -0.05) is 18.2 Å². The normalized spacial score (nSPS) is 10.9. The second-order valence-corrected chi connectivity index (χ2v) is 6.53. The molecule has 3 rings (SSSR count). The van der Waals surface area contributed by atoms with Gasteiger partial charge in [-0.25, -0.2) is 0 Å². The van der Waals surface area contributed by atoms with E-state index >= 15 is 0 Å². The van der Waals surface area contributed by atoms with Crippen LogP contribution in [0.15, 0.2) is 83.2 Å². The van der Waals surface area contributed by atoms with Crippen LogP contribution in [0.4, 0.5) is 17.1 Å². The summed E-state index contributed by atoms with van der Waals surface area (Å²) in [5, 5.41) is 17.8. The van der Waals surface area contributed by atoms with Crippen molar-refractivity contribution in [3.63, 3.8) is 0 Å². The minimum Gasteiger partial charge on any atom is -0.464 e. The zero-order valence-corrected chi connectivity index (χ0v) is 16.8. The quantitative estimate of drug-likeness (QED) is 0.418. The molecule has 7 heteroatoms. The summed E-state index contributed by atoms with van der Waals surface area (Å²) >= 11 is 0. The van der Waals surface area contributed by atoms with Crippen molar-refractivity contribution < 1.29 is 14.6 Å². The zero-order chi connectivity index (χ0) is 21.2. The number of ether oxygens (including phenoxy) is 1. The molecule has 1 N–H and O–H groups in total. The minimum absolute atomic E-state index is 0.00995. The molecule has 0 amide bonds. The molecule has 0 saturated heterocycles. The molecule has 0 fully saturated rings. The van der Waals surface area contributed by atoms with Crippen molar-refractivity contribution in [1.82, 2.24) is 4.98 Å². The molecule has 0 bridgehead atoms. The van der Waals surface area contributed by atoms with Crippen LogP contribution in [0.3, 0.4) is 0 Å². The van der Waals surface area contributed by atoms with Crippen LogP contribution >= 0.6 is 0 Å². The van der Waals surface area contributed by atoms with Crippen LogP contribution in [0, 0.1) is 0 Å². The molecule has 0 atom stereocenters. The summed E-state index contributed by atoms with van der Waals surface area (Å²) in [6.07, 6.45) is 1.77. The van der Waals surface area contributed by atoms with Gasteiger partial charge in [-0.2, -0.15) is 10.2 Å². The lowest BCUT2D eigenvalue weighted by molar-refractivity contribution is -0.140. The Balaban J connectivity index is 1.62. The van der Waals surface area contributed by atoms with E-state index in [1.54, 1.807) is 6.20 Å². The van der Waals surface area contributed by atoms with Gasteiger partial charge in [-0.3, -0.25) is 9.78 Å². The van der Waals surface area contributed by atoms with E-state index in [1.807, 2.05) is 71.6 Å². The summed E-state index contributed by atoms with van der Waals surface area (Å²) in [6, 6.07) is 21.1. The summed E-state index contributed by atoms with van der Waals surface area (Å²) < 4.78 is 4.99. The van der Waals surface area contributed by atoms with E-state index < -0.39 is 0 Å². The third kappa shape index (κ3) is 6.22. The Labute approximate surface area is 175 Å². The number of carbonyl (C=O) groups is 1. The average Bonchev–Trinajstić information content (AvgIpc) is 2.78. The van der Waals surface area contributed by atoms with E-state index in [0.29, 0.717) is 13.1 Å². The number of azo groups is 1. The Hall–Kier alpha value is -3.58. The van der Waals surface area contributed by atoms with Gasteiger partial charge in [-0.15, -0.1) is 0 Å². The molecule has 0 aliphatic carbocycles. The number of pyridine rings is 1. The van der Waals surface area contributed by atoms with Crippen LogP contribution in [0.5, 0.6) is 0 Å². The molecule has 0 unspecified atom stereocenters. The van der Waals surface area contributed by atoms with Crippen molar-refractivity contribution in [2.45, 2.75) is 6.92 Å². The van der Waals surface area contributed by atoms with Crippen molar-refractivity contribution in [3.05, 3.63) is 72.9 Å². The third-order valence-electron chi connectivity index (χ3n) is 4.36. The maximum absolute atomic E-state index is 10.9. The molecule has 0 aliphatic rings. The number of aliphatic hydroxyl groups excluding tert-OH is 1. The summed E-state index contributed by atoms with van der Waals surface area (Å²) in [6.45, 7) is 2.61. The lowest BCUT2D eigenvalue weighted by atomic mass is 10.1. The number of hydrogen-bond acceptors (Lipinski definition) is 7. The highest BCUT2D eigenvalue weighted by atomic mass is 16.5. The molecule has 1 aromatic heterocycles. The highest BCUT2D eigenvalue weighted by molar-refractivity contribution is 5.66. The van der Waals surface area contributed by atoms with Crippen LogP contribution in [0.2, 0.25) is 0 Å². The van der Waals surface area contributed by atoms with Gasteiger partial charge < -0.3 is 14.7 Å². The van der Waals surface area contributed by atoms with E-state index in [0.717, 1.165) is 28.3 Å². The zero-order valence-electron chi connectivity index (χ0n) is 16.8. The van der Waals surface area contributed by atoms with Gasteiger partial charge in [0.05, 0.1) is 30.2 Å². The van der Waals surface area contributed by atoms with Gasteiger partial charge in [0.2, 0.25) is 0 Å². The average molecular weight is 404 g/mol. The highest BCUT2D eigenvalue weighted by Crippen LogP contribution is 2.24. The van der Waals surface area contributed by atoms with Crippen LogP contribution in [-0.4, -0.2) is 42.4 Å². The second kappa shape index (κ2) is 10.8. The van der Waals surface area contributed by atoms with E-state index in [1.165, 1.54) is 6.92 Å². The Morgan fingerprint density at radius 1 is 0.967 bits per heavy atom. The first-order chi connectivity index (χ1) is 14.7. The Bertz CT molecular complexity index is 958. The number of aliphatic hydroxyl groups is 1. The molecule has 0 spiro atoms. The number of carbonyl (C=O) groups excluding carboxylic acids is 1. The molecule has 3 aromatic rings. The number of benzene rings is 2. The molecule has 154 valence electrons. The van der Waals surface area contributed by atoms with Crippen molar-refractivity contribution in [2.75, 3.05) is 31.2 Å². The molecule has 1 heterocycles. The first kappa shape index (κ1) is 21.1. The molecule has 30 heavy (non-hydrogen) atoms. The molecule has 7 nitrogen and oxygen atoms in total. The molecule has 2 aromatic carbocycles. The predicted octanol–water partition coefficient (Wildman–Crippen LogP) is 4.53. The third-order valence-corrected chi connectivity index (χ3v) is 4.36. The summed E-state index contributed by atoms with van der Waals surface area (Å²) in [5.74, 6) is -0.317. The summed E-state index contributed by atoms with van der Waals surface area (Å²) in [7, 11) is 0. The Morgan fingerprint density at radius 2 is 1.63 bits per heavy atom. The first-order valence-corrected chi connectivity index (χ1v) is 9.68. The topological polar surface area (TPSA) is 87.4 Å². The van der Waals surface area contributed by atoms with E-state index in [2.05, 4.69) is 15.2 Å². The number of nitrogens with zero attached hydrogens (tertiary/aromatic N) is 4. The largest absolute Gasteiger partial charge is 0.464 e. The lowest BCUT2D eigenvalue weighted by Gasteiger charge is -2.23. The SMILES string of the molecule is CC(=O)OCCN(CCO)c1ccc(N=Nc2ccc(-c3ccccn3)cc2)cc1. The van der Waals surface area contributed by atoms with Crippen molar-refractivity contribution in [3.8, 4) is 11.3 Å². The van der Waals surface area contributed by atoms with Gasteiger partial charge in [0.15, 0.2) is 0 Å². The number of hydrogen-bond donors (Lipinski definition) is 1. The Morgan fingerprint density at radius 3 is 2.20 bits per heavy atom. The fourth-order valence-electron chi connectivity index (χ4n) is 2.87. The standard InChI is InChI=1S/C23H24N4O3/c1-18(29)30-17-15-27(14-16-28)22-11-9-21(10-12-22)26-25-20-7-5-19(6-8-20)23-4-2-3-13-24-23/h2-13,28H,14-17H2,1H3. The predicted molar refractivity (Wildman–Crippen MR) is 116 cm³/mol. The van der Waals surface area contributed by atoms with Gasteiger partial charge in [0.1, 0.15) is 6.61 Å². The van der Waals surface area contributed by atoms with Crippen LogP contribution in [0.25, 0.3) is 11.3 Å². The van der Waals surface area contributed by atoms with Crippen molar-refractivity contribution >= 4 is 23.0 Å². The van der Waals surface area contributed by atoms with E-state index in [4.69, 9.17) is 4.74 Å². The van der Waals surface area contributed by atoms with Gasteiger partial charge in [0.25, 0.3) is 0 Å². The fraction of sp³-hybridized carbons (Fsp3) is 0.217. The molecule has 0 radical (unpaired) electrons. The maximum atomic E-state index is 10.9. The lowest BCUT2D eigenvalue weighted by Crippen LogP contribution is -2.30.